The van der Waals surface area contributed by atoms with Crippen molar-refractivity contribution in [3.8, 4) is 0 Å². The van der Waals surface area contributed by atoms with Crippen LogP contribution in [0.4, 0.5) is 5.69 Å². The van der Waals surface area contributed by atoms with E-state index in [1.807, 2.05) is 18.2 Å². The van der Waals surface area contributed by atoms with E-state index in [4.69, 9.17) is 9.57 Å². The fraction of sp³-hybridized carbons (Fsp3) is 0.550. The summed E-state index contributed by atoms with van der Waals surface area (Å²) in [6, 6.07) is 8.33. The lowest BCUT2D eigenvalue weighted by atomic mass is 9.72. The molecule has 0 radical (unpaired) electrons. The number of nitrogens with zero attached hydrogens (tertiary/aromatic N) is 1. The maximum atomic E-state index is 13.5. The number of ether oxygens (including phenoxy) is 1. The van der Waals surface area contributed by atoms with Crippen LogP contribution >= 0.6 is 0 Å². The number of benzene rings is 1. The van der Waals surface area contributed by atoms with E-state index in [2.05, 4.69) is 24.4 Å². The van der Waals surface area contributed by atoms with Crippen molar-refractivity contribution in [2.75, 3.05) is 25.3 Å². The summed E-state index contributed by atoms with van der Waals surface area (Å²) in [6.07, 6.45) is 3.85. The molecule has 25 heavy (non-hydrogen) atoms. The van der Waals surface area contributed by atoms with Crippen molar-refractivity contribution in [3.05, 3.63) is 41.5 Å². The summed E-state index contributed by atoms with van der Waals surface area (Å²) < 4.78 is 6.32. The minimum Gasteiger partial charge on any atom is -0.376 e. The van der Waals surface area contributed by atoms with Gasteiger partial charge in [-0.3, -0.25) is 9.63 Å². The number of fused-ring (bicyclic) bond motifs is 2. The number of carbonyl (C=O) groups is 1. The van der Waals surface area contributed by atoms with E-state index < -0.39 is 5.41 Å². The minimum atomic E-state index is -0.642. The summed E-state index contributed by atoms with van der Waals surface area (Å²) >= 11 is 0. The van der Waals surface area contributed by atoms with E-state index in [1.54, 1.807) is 7.11 Å². The number of hydroxylamine groups is 1. The Morgan fingerprint density at radius 1 is 1.40 bits per heavy atom. The zero-order valence-corrected chi connectivity index (χ0v) is 14.7. The van der Waals surface area contributed by atoms with Gasteiger partial charge in [0.2, 0.25) is 0 Å². The Bertz CT molecular complexity index is 761. The topological polar surface area (TPSA) is 50.8 Å². The Kier molecular flexibility index (Phi) is 3.36. The van der Waals surface area contributed by atoms with E-state index in [0.29, 0.717) is 17.9 Å². The highest BCUT2D eigenvalue weighted by Crippen LogP contribution is 2.55. The predicted octanol–water partition coefficient (Wildman–Crippen LogP) is 2.18. The third kappa shape index (κ3) is 1.86. The molecule has 1 spiro atoms. The highest BCUT2D eigenvalue weighted by molar-refractivity contribution is 6.07. The molecule has 5 nitrogen and oxygen atoms in total. The van der Waals surface area contributed by atoms with Crippen LogP contribution in [0.15, 0.2) is 35.9 Å². The quantitative estimate of drug-likeness (QED) is 0.796. The molecule has 5 atom stereocenters. The average molecular weight is 340 g/mol. The Hall–Kier alpha value is -1.69. The van der Waals surface area contributed by atoms with Gasteiger partial charge in [-0.05, 0) is 37.3 Å². The van der Waals surface area contributed by atoms with Crippen LogP contribution in [-0.4, -0.2) is 38.3 Å². The zero-order chi connectivity index (χ0) is 17.2. The number of anilines is 1. The summed E-state index contributed by atoms with van der Waals surface area (Å²) in [5, 5.41) is 5.16. The maximum absolute atomic E-state index is 13.5. The van der Waals surface area contributed by atoms with E-state index in [9.17, 15) is 4.79 Å². The van der Waals surface area contributed by atoms with Gasteiger partial charge >= 0.3 is 0 Å². The molecule has 4 heterocycles. The van der Waals surface area contributed by atoms with Crippen molar-refractivity contribution in [2.24, 2.45) is 11.8 Å². The standard InChI is InChI=1S/C20H24N2O3/c1-3-12-10-21-16-9-20(18-8-13(12)14(16)11-25-18)15-6-4-5-7-17(15)22(24-2)19(20)23/h3-7,13-14,16,18,21H,8-11H2,1-2H3/t13-,14-,16+,18-,20-/m1/s1. The van der Waals surface area contributed by atoms with Crippen molar-refractivity contribution in [1.82, 2.24) is 5.32 Å². The normalized spacial score (nSPS) is 40.6. The van der Waals surface area contributed by atoms with Gasteiger partial charge in [0.25, 0.3) is 5.91 Å². The van der Waals surface area contributed by atoms with Crippen LogP contribution in [0.5, 0.6) is 0 Å². The molecule has 1 N–H and O–H groups in total. The summed E-state index contributed by atoms with van der Waals surface area (Å²) in [5.41, 5.74) is 2.75. The van der Waals surface area contributed by atoms with Crippen LogP contribution < -0.4 is 10.4 Å². The predicted molar refractivity (Wildman–Crippen MR) is 94.1 cm³/mol. The number of piperidine rings is 1. The number of rotatable bonds is 1. The van der Waals surface area contributed by atoms with Crippen LogP contribution in [0.2, 0.25) is 0 Å². The molecule has 6 rings (SSSR count). The fourth-order valence-corrected chi connectivity index (χ4v) is 5.66. The van der Waals surface area contributed by atoms with Gasteiger partial charge in [0.15, 0.2) is 0 Å². The van der Waals surface area contributed by atoms with Crippen molar-refractivity contribution in [3.63, 3.8) is 0 Å². The Morgan fingerprint density at radius 2 is 2.24 bits per heavy atom. The molecule has 5 heteroatoms. The highest BCUT2D eigenvalue weighted by Gasteiger charge is 2.63. The molecule has 5 aliphatic rings. The molecule has 0 unspecified atom stereocenters. The number of hydrogen-bond donors (Lipinski definition) is 1. The molecule has 1 amide bonds. The summed E-state index contributed by atoms with van der Waals surface area (Å²) in [4.78, 5) is 19.0. The van der Waals surface area contributed by atoms with Crippen molar-refractivity contribution >= 4 is 11.6 Å². The maximum Gasteiger partial charge on any atom is 0.264 e. The largest absolute Gasteiger partial charge is 0.376 e. The van der Waals surface area contributed by atoms with E-state index >= 15 is 0 Å². The van der Waals surface area contributed by atoms with Gasteiger partial charge < -0.3 is 10.1 Å². The van der Waals surface area contributed by atoms with Gasteiger partial charge in [0.1, 0.15) is 5.41 Å². The molecule has 1 aromatic rings. The lowest BCUT2D eigenvalue weighted by Gasteiger charge is -2.42. The molecular formula is C20H24N2O3. The first-order chi connectivity index (χ1) is 12.2. The van der Waals surface area contributed by atoms with E-state index in [0.717, 1.165) is 37.2 Å². The summed E-state index contributed by atoms with van der Waals surface area (Å²) in [5.74, 6) is 0.997. The van der Waals surface area contributed by atoms with Gasteiger partial charge in [0, 0.05) is 18.5 Å². The first-order valence-corrected chi connectivity index (χ1v) is 9.19. The van der Waals surface area contributed by atoms with Gasteiger partial charge in [-0.15, -0.1) is 0 Å². The van der Waals surface area contributed by atoms with Gasteiger partial charge in [-0.1, -0.05) is 29.8 Å². The lowest BCUT2D eigenvalue weighted by molar-refractivity contribution is -0.137. The molecule has 0 aromatic heterocycles. The molecular weight excluding hydrogens is 316 g/mol. The van der Waals surface area contributed by atoms with Gasteiger partial charge in [-0.25, -0.2) is 0 Å². The second-order valence-electron chi connectivity index (χ2n) is 7.65. The second-order valence-corrected chi connectivity index (χ2v) is 7.65. The number of amides is 1. The van der Waals surface area contributed by atoms with Crippen LogP contribution in [0, 0.1) is 11.8 Å². The number of allylic oxidation sites excluding steroid dienone is 1. The Morgan fingerprint density at radius 3 is 3.04 bits per heavy atom. The van der Waals surface area contributed by atoms with Crippen LogP contribution in [0.1, 0.15) is 25.3 Å². The molecule has 4 aliphatic heterocycles. The SMILES string of the molecule is CC=C1CN[C@H]2C[C@]3(C(=O)N(OC)c4ccccc43)[C@H]3C[C@H]1[C@H]2CO3. The first-order valence-electron chi connectivity index (χ1n) is 9.19. The first kappa shape index (κ1) is 15.6. The minimum absolute atomic E-state index is 0.0261. The molecule has 4 bridgehead atoms. The third-order valence-corrected chi connectivity index (χ3v) is 6.85. The van der Waals surface area contributed by atoms with Crippen LogP contribution in [-0.2, 0) is 19.8 Å². The molecule has 1 aromatic carbocycles. The third-order valence-electron chi connectivity index (χ3n) is 6.85. The van der Waals surface area contributed by atoms with Crippen LogP contribution in [0.3, 0.4) is 0 Å². The van der Waals surface area contributed by atoms with Crippen molar-refractivity contribution < 1.29 is 14.4 Å². The van der Waals surface area contributed by atoms with E-state index in [1.165, 1.54) is 10.6 Å². The Balaban J connectivity index is 1.68. The molecule has 3 saturated heterocycles. The monoisotopic (exact) mass is 340 g/mol. The lowest BCUT2D eigenvalue weighted by Crippen LogP contribution is -2.50. The molecule has 1 aliphatic carbocycles. The summed E-state index contributed by atoms with van der Waals surface area (Å²) in [7, 11) is 1.57. The molecule has 4 fully saturated rings. The average Bonchev–Trinajstić information content (AvgIpc) is 2.74. The second kappa shape index (κ2) is 5.40. The van der Waals surface area contributed by atoms with Gasteiger partial charge in [0.05, 0.1) is 25.5 Å². The molecule has 132 valence electrons. The highest BCUT2D eigenvalue weighted by atomic mass is 16.7. The smallest absolute Gasteiger partial charge is 0.264 e. The van der Waals surface area contributed by atoms with E-state index in [-0.39, 0.29) is 12.0 Å². The fourth-order valence-electron chi connectivity index (χ4n) is 5.66. The number of para-hydroxylation sites is 1. The van der Waals surface area contributed by atoms with Crippen molar-refractivity contribution in [1.29, 1.82) is 0 Å². The Labute approximate surface area is 147 Å². The van der Waals surface area contributed by atoms with Crippen molar-refractivity contribution in [2.45, 2.75) is 37.3 Å². The number of carbonyl (C=O) groups excluding carboxylic acids is 1. The molecule has 1 saturated carbocycles. The number of nitrogens with one attached hydrogen (secondary N) is 1. The zero-order valence-electron chi connectivity index (χ0n) is 14.7. The van der Waals surface area contributed by atoms with Crippen LogP contribution in [0.25, 0.3) is 0 Å². The van der Waals surface area contributed by atoms with Gasteiger partial charge in [-0.2, -0.15) is 5.06 Å². The number of hydrogen-bond acceptors (Lipinski definition) is 4. The summed E-state index contributed by atoms with van der Waals surface area (Å²) in [6.45, 7) is 3.78.